The van der Waals surface area contributed by atoms with Gasteiger partial charge in [0.05, 0.1) is 0 Å². The van der Waals surface area contributed by atoms with Gasteiger partial charge in [-0.15, -0.1) is 0 Å². The monoisotopic (exact) mass is 173 g/mol. The summed E-state index contributed by atoms with van der Waals surface area (Å²) in [7, 11) is 0. The summed E-state index contributed by atoms with van der Waals surface area (Å²) < 4.78 is 0. The van der Waals surface area contributed by atoms with Crippen LogP contribution in [0.5, 0.6) is 0 Å². The number of carboxylic acid groups (broad SMARTS) is 1. The van der Waals surface area contributed by atoms with E-state index in [9.17, 15) is 4.79 Å². The molecule has 0 radical (unpaired) electrons. The van der Waals surface area contributed by atoms with Crippen molar-refractivity contribution in [1.29, 1.82) is 0 Å². The fourth-order valence-electron chi connectivity index (χ4n) is 1.00. The molecule has 0 saturated carbocycles. The maximum atomic E-state index is 10.2. The summed E-state index contributed by atoms with van der Waals surface area (Å²) in [4.78, 5) is 10.2. The van der Waals surface area contributed by atoms with E-state index in [-0.39, 0.29) is 37.7 Å². The Labute approximate surface area is 88.8 Å². The van der Waals surface area contributed by atoms with Crippen molar-refractivity contribution in [2.45, 2.75) is 18.9 Å². The molecule has 1 aliphatic heterocycles. The first kappa shape index (κ1) is 10.6. The Morgan fingerprint density at radius 3 is 2.40 bits per heavy atom. The van der Waals surface area contributed by atoms with E-state index in [1.165, 1.54) is 0 Å². The van der Waals surface area contributed by atoms with Gasteiger partial charge in [0.15, 0.2) is 0 Å². The summed E-state index contributed by atoms with van der Waals surface area (Å²) in [5.74, 6) is -0.935. The van der Waals surface area contributed by atoms with E-state index in [2.05, 4.69) is 0 Å². The van der Waals surface area contributed by atoms with Gasteiger partial charge in [0.1, 0.15) is 6.04 Å². The molecule has 0 aromatic heterocycles. The van der Waals surface area contributed by atoms with Crippen LogP contribution in [0.1, 0.15) is 12.8 Å². The van der Waals surface area contributed by atoms with Crippen LogP contribution in [-0.4, -0.2) is 71.7 Å². The Balaban J connectivity index is 0.000000810. The van der Waals surface area contributed by atoms with Gasteiger partial charge in [-0.1, -0.05) is 0 Å². The molecule has 1 atom stereocenters. The molecule has 1 fully saturated rings. The average molecular weight is 173 g/mol. The van der Waals surface area contributed by atoms with Gasteiger partial charge in [-0.05, 0) is 12.8 Å². The van der Waals surface area contributed by atoms with Gasteiger partial charge >= 0.3 is 43.7 Å². The summed E-state index contributed by atoms with van der Waals surface area (Å²) in [5, 5.41) is 18.1. The standard InChI is InChI=1S/C5H9NO3.Ca.2H/c7-5(8)4-2-1-3-6(4)9;;;/h4,9H,1-3H2,(H,7,8);;;. The van der Waals surface area contributed by atoms with Crippen molar-refractivity contribution in [3.63, 3.8) is 0 Å². The minimum atomic E-state index is -0.935. The van der Waals surface area contributed by atoms with E-state index in [4.69, 9.17) is 10.3 Å². The Kier molecular flexibility index (Phi) is 4.81. The van der Waals surface area contributed by atoms with Gasteiger partial charge in [0, 0.05) is 6.54 Å². The fourth-order valence-corrected chi connectivity index (χ4v) is 1.00. The first-order chi connectivity index (χ1) is 4.22. The molecule has 1 unspecified atom stereocenters. The molecule has 0 spiro atoms. The molecule has 0 aliphatic carbocycles. The molecule has 10 heavy (non-hydrogen) atoms. The molecule has 1 rings (SSSR count). The van der Waals surface area contributed by atoms with Crippen LogP contribution in [0.2, 0.25) is 0 Å². The van der Waals surface area contributed by atoms with Crippen molar-refractivity contribution in [3.05, 3.63) is 0 Å². The number of hydrogen-bond donors (Lipinski definition) is 2. The molecule has 2 N–H and O–H groups in total. The number of rotatable bonds is 1. The SMILES string of the molecule is O=C(O)C1CCCN1O.[CaH2]. The molecule has 0 bridgehead atoms. The topological polar surface area (TPSA) is 60.8 Å². The normalized spacial score (nSPS) is 25.9. The zero-order valence-electron chi connectivity index (χ0n) is 4.95. The van der Waals surface area contributed by atoms with Crippen LogP contribution in [-0.2, 0) is 4.79 Å². The second-order valence-corrected chi connectivity index (χ2v) is 2.16. The minimum absolute atomic E-state index is 0. The summed E-state index contributed by atoms with van der Waals surface area (Å²) >= 11 is 0. The zero-order valence-corrected chi connectivity index (χ0v) is 4.95. The number of nitrogens with zero attached hydrogens (tertiary/aromatic N) is 1. The maximum absolute atomic E-state index is 10.2. The summed E-state index contributed by atoms with van der Waals surface area (Å²) in [6.45, 7) is 0.483. The number of carboxylic acids is 1. The van der Waals surface area contributed by atoms with Gasteiger partial charge in [-0.2, -0.15) is 5.06 Å². The molecular weight excluding hydrogens is 162 g/mol. The number of aliphatic carboxylic acids is 1. The van der Waals surface area contributed by atoms with Gasteiger partial charge < -0.3 is 10.3 Å². The van der Waals surface area contributed by atoms with E-state index in [1.807, 2.05) is 0 Å². The van der Waals surface area contributed by atoms with Crippen molar-refractivity contribution in [3.8, 4) is 0 Å². The molecule has 0 aromatic rings. The number of hydrogen-bond acceptors (Lipinski definition) is 3. The van der Waals surface area contributed by atoms with Crippen LogP contribution in [0.4, 0.5) is 0 Å². The molecule has 1 heterocycles. The van der Waals surface area contributed by atoms with Crippen LogP contribution in [0.25, 0.3) is 0 Å². The quantitative estimate of drug-likeness (QED) is 0.500. The van der Waals surface area contributed by atoms with Crippen molar-refractivity contribution in [2.24, 2.45) is 0 Å². The van der Waals surface area contributed by atoms with Gasteiger partial charge in [0.25, 0.3) is 0 Å². The fraction of sp³-hybridized carbons (Fsp3) is 0.800. The molecule has 1 saturated heterocycles. The molecule has 0 amide bonds. The predicted octanol–water partition coefficient (Wildman–Crippen LogP) is -0.992. The predicted molar refractivity (Wildman–Crippen MR) is 37.7 cm³/mol. The van der Waals surface area contributed by atoms with Gasteiger partial charge in [0.2, 0.25) is 0 Å². The van der Waals surface area contributed by atoms with Crippen molar-refractivity contribution < 1.29 is 15.1 Å². The Morgan fingerprint density at radius 2 is 2.20 bits per heavy atom. The Bertz CT molecular complexity index is 130. The van der Waals surface area contributed by atoms with Crippen LogP contribution < -0.4 is 0 Å². The average Bonchev–Trinajstić information content (AvgIpc) is 2.13. The summed E-state index contributed by atoms with van der Waals surface area (Å²) in [6, 6.07) is -0.662. The van der Waals surface area contributed by atoms with Crippen molar-refractivity contribution in [1.82, 2.24) is 5.06 Å². The molecule has 0 aromatic carbocycles. The third-order valence-corrected chi connectivity index (χ3v) is 1.51. The van der Waals surface area contributed by atoms with Gasteiger partial charge in [-0.25, -0.2) is 0 Å². The van der Waals surface area contributed by atoms with E-state index in [0.717, 1.165) is 11.5 Å². The second-order valence-electron chi connectivity index (χ2n) is 2.16. The van der Waals surface area contributed by atoms with E-state index in [1.54, 1.807) is 0 Å². The second kappa shape index (κ2) is 4.51. The number of hydroxylamine groups is 2. The van der Waals surface area contributed by atoms with Crippen molar-refractivity contribution in [2.75, 3.05) is 6.54 Å². The zero-order chi connectivity index (χ0) is 6.85. The van der Waals surface area contributed by atoms with E-state index >= 15 is 0 Å². The number of carbonyl (C=O) groups is 1. The molecule has 5 heteroatoms. The Hall–Kier alpha value is 0.650. The summed E-state index contributed by atoms with van der Waals surface area (Å²) in [6.07, 6.45) is 1.33. The Morgan fingerprint density at radius 1 is 1.60 bits per heavy atom. The first-order valence-electron chi connectivity index (χ1n) is 2.90. The van der Waals surface area contributed by atoms with Crippen LogP contribution in [0.15, 0.2) is 0 Å². The molecule has 1 aliphatic rings. The summed E-state index contributed by atoms with van der Waals surface area (Å²) in [5.41, 5.74) is 0. The van der Waals surface area contributed by atoms with E-state index in [0.29, 0.717) is 13.0 Å². The van der Waals surface area contributed by atoms with Crippen LogP contribution in [0, 0.1) is 0 Å². The third-order valence-electron chi connectivity index (χ3n) is 1.51. The molecule has 4 nitrogen and oxygen atoms in total. The third kappa shape index (κ3) is 2.36. The molecule has 56 valence electrons. The van der Waals surface area contributed by atoms with E-state index < -0.39 is 12.0 Å². The molecular formula is C5H11CaNO3. The van der Waals surface area contributed by atoms with Crippen LogP contribution >= 0.6 is 0 Å². The van der Waals surface area contributed by atoms with Gasteiger partial charge in [-0.3, -0.25) is 4.79 Å². The first-order valence-corrected chi connectivity index (χ1v) is 2.90. The van der Waals surface area contributed by atoms with Crippen LogP contribution in [0.3, 0.4) is 0 Å². The van der Waals surface area contributed by atoms with Crippen molar-refractivity contribution >= 4 is 43.7 Å².